The average molecular weight is 288 g/mol. The number of nitrogens with one attached hydrogen (secondary N) is 1. The molecule has 1 amide bonds. The number of carbonyl (C=O) groups is 1. The van der Waals surface area contributed by atoms with Gasteiger partial charge in [0.1, 0.15) is 5.60 Å². The van der Waals surface area contributed by atoms with E-state index in [-0.39, 0.29) is 6.04 Å². The summed E-state index contributed by atoms with van der Waals surface area (Å²) in [4.78, 5) is 26.6. The second-order valence-electron chi connectivity index (χ2n) is 6.30. The van der Waals surface area contributed by atoms with E-state index in [2.05, 4.69) is 10.3 Å². The van der Waals surface area contributed by atoms with Crippen LogP contribution in [0.2, 0.25) is 0 Å². The molecular formula is C16H20N2O3. The molecular weight excluding hydrogens is 268 g/mol. The second-order valence-corrected chi connectivity index (χ2v) is 6.30. The van der Waals surface area contributed by atoms with Gasteiger partial charge in [0, 0.05) is 0 Å². The van der Waals surface area contributed by atoms with Crippen molar-refractivity contribution < 1.29 is 14.3 Å². The van der Waals surface area contributed by atoms with Crippen LogP contribution in [0.1, 0.15) is 45.2 Å². The van der Waals surface area contributed by atoms with Gasteiger partial charge in [-0.3, -0.25) is 0 Å². The summed E-state index contributed by atoms with van der Waals surface area (Å²) < 4.78 is 5.30. The molecule has 1 aromatic rings. The first-order valence-electron chi connectivity index (χ1n) is 7.00. The molecule has 0 bridgehead atoms. The van der Waals surface area contributed by atoms with Crippen LogP contribution in [0.25, 0.3) is 0 Å². The van der Waals surface area contributed by atoms with Gasteiger partial charge in [0.25, 0.3) is 0 Å². The minimum absolute atomic E-state index is 0.380. The summed E-state index contributed by atoms with van der Waals surface area (Å²) in [6.45, 7) is 5.42. The van der Waals surface area contributed by atoms with Gasteiger partial charge in [-0.25, -0.2) is 9.59 Å². The number of benzene rings is 1. The van der Waals surface area contributed by atoms with Crippen molar-refractivity contribution >= 4 is 12.2 Å². The third-order valence-electron chi connectivity index (χ3n) is 3.36. The van der Waals surface area contributed by atoms with Crippen LogP contribution in [0.4, 0.5) is 4.79 Å². The molecule has 21 heavy (non-hydrogen) atoms. The van der Waals surface area contributed by atoms with Gasteiger partial charge < -0.3 is 10.1 Å². The van der Waals surface area contributed by atoms with Crippen molar-refractivity contribution in [3.63, 3.8) is 0 Å². The molecule has 0 aromatic heterocycles. The Morgan fingerprint density at radius 3 is 2.43 bits per heavy atom. The standard InChI is InChI=1S/C16H20N2O3/c1-15(2,3)21-14(20)18-13(12-7-5-4-6-8-12)16(9-10-16)17-11-19/h4-8,13H,9-10H2,1-3H3,(H,18,20). The number of hydrogen-bond acceptors (Lipinski definition) is 4. The molecule has 5 heteroatoms. The normalized spacial score (nSPS) is 17.3. The first-order valence-corrected chi connectivity index (χ1v) is 7.00. The zero-order valence-electron chi connectivity index (χ0n) is 12.6. The van der Waals surface area contributed by atoms with E-state index >= 15 is 0 Å². The van der Waals surface area contributed by atoms with Gasteiger partial charge >= 0.3 is 6.09 Å². The maximum absolute atomic E-state index is 12.0. The van der Waals surface area contributed by atoms with Crippen LogP contribution in [0.15, 0.2) is 35.3 Å². The number of ether oxygens (including phenoxy) is 1. The quantitative estimate of drug-likeness (QED) is 0.683. The zero-order valence-corrected chi connectivity index (χ0v) is 12.6. The average Bonchev–Trinajstić information content (AvgIpc) is 3.16. The number of amides is 1. The lowest BCUT2D eigenvalue weighted by atomic mass is 9.98. The van der Waals surface area contributed by atoms with Crippen LogP contribution in [-0.4, -0.2) is 23.3 Å². The molecule has 0 heterocycles. The maximum Gasteiger partial charge on any atom is 0.408 e. The zero-order chi connectivity index (χ0) is 15.5. The number of isocyanates is 1. The van der Waals surface area contributed by atoms with Crippen molar-refractivity contribution in [1.82, 2.24) is 5.32 Å². The Kier molecular flexibility index (Phi) is 4.14. The molecule has 1 saturated carbocycles. The maximum atomic E-state index is 12.0. The smallest absolute Gasteiger partial charge is 0.408 e. The fourth-order valence-electron chi connectivity index (χ4n) is 2.28. The Morgan fingerprint density at radius 2 is 1.95 bits per heavy atom. The van der Waals surface area contributed by atoms with Crippen LogP contribution < -0.4 is 5.32 Å². The highest BCUT2D eigenvalue weighted by atomic mass is 16.6. The minimum Gasteiger partial charge on any atom is -0.444 e. The van der Waals surface area contributed by atoms with Crippen LogP contribution >= 0.6 is 0 Å². The van der Waals surface area contributed by atoms with Gasteiger partial charge in [-0.2, -0.15) is 4.99 Å². The van der Waals surface area contributed by atoms with Crippen LogP contribution in [0.3, 0.4) is 0 Å². The number of nitrogens with zero attached hydrogens (tertiary/aromatic N) is 1. The molecule has 1 atom stereocenters. The molecule has 1 unspecified atom stereocenters. The van der Waals surface area contributed by atoms with Gasteiger partial charge in [0.2, 0.25) is 6.08 Å². The van der Waals surface area contributed by atoms with E-state index in [0.717, 1.165) is 18.4 Å². The number of carbonyl (C=O) groups excluding carboxylic acids is 2. The first kappa shape index (κ1) is 15.3. The first-order chi connectivity index (χ1) is 9.86. The van der Waals surface area contributed by atoms with Crippen LogP contribution in [0, 0.1) is 0 Å². The third-order valence-corrected chi connectivity index (χ3v) is 3.36. The molecule has 0 aliphatic heterocycles. The molecule has 0 radical (unpaired) electrons. The van der Waals surface area contributed by atoms with E-state index in [1.165, 1.54) is 0 Å². The Morgan fingerprint density at radius 1 is 1.33 bits per heavy atom. The van der Waals surface area contributed by atoms with E-state index in [1.54, 1.807) is 26.9 Å². The van der Waals surface area contributed by atoms with Gasteiger partial charge in [-0.05, 0) is 39.2 Å². The third kappa shape index (κ3) is 3.92. The Balaban J connectivity index is 2.22. The van der Waals surface area contributed by atoms with Crippen LogP contribution in [-0.2, 0) is 9.53 Å². The Bertz CT molecular complexity index is 553. The summed E-state index contributed by atoms with van der Waals surface area (Å²) in [6, 6.07) is 9.11. The van der Waals surface area contributed by atoms with Crippen molar-refractivity contribution in [2.75, 3.05) is 0 Å². The lowest BCUT2D eigenvalue weighted by Gasteiger charge is -2.27. The van der Waals surface area contributed by atoms with E-state index in [0.29, 0.717) is 0 Å². The second kappa shape index (κ2) is 5.70. The van der Waals surface area contributed by atoms with Crippen molar-refractivity contribution in [2.24, 2.45) is 4.99 Å². The molecule has 1 fully saturated rings. The summed E-state index contributed by atoms with van der Waals surface area (Å²) in [5.74, 6) is 0. The molecule has 0 saturated heterocycles. The number of hydrogen-bond donors (Lipinski definition) is 1. The molecule has 5 nitrogen and oxygen atoms in total. The summed E-state index contributed by atoms with van der Waals surface area (Å²) in [7, 11) is 0. The molecule has 1 aliphatic rings. The highest BCUT2D eigenvalue weighted by molar-refractivity contribution is 5.69. The van der Waals surface area contributed by atoms with E-state index in [1.807, 2.05) is 30.3 Å². The molecule has 1 N–H and O–H groups in total. The number of rotatable bonds is 4. The molecule has 1 aromatic carbocycles. The van der Waals surface area contributed by atoms with E-state index in [9.17, 15) is 9.59 Å². The highest BCUT2D eigenvalue weighted by Gasteiger charge is 2.51. The monoisotopic (exact) mass is 288 g/mol. The number of aliphatic imine (C=N–C) groups is 1. The topological polar surface area (TPSA) is 67.8 Å². The largest absolute Gasteiger partial charge is 0.444 e. The molecule has 112 valence electrons. The van der Waals surface area contributed by atoms with Crippen molar-refractivity contribution in [2.45, 2.75) is 50.8 Å². The summed E-state index contributed by atoms with van der Waals surface area (Å²) in [6.07, 6.45) is 2.61. The van der Waals surface area contributed by atoms with Crippen molar-refractivity contribution in [1.29, 1.82) is 0 Å². The Hall–Kier alpha value is -2.13. The van der Waals surface area contributed by atoms with Crippen molar-refractivity contribution in [3.8, 4) is 0 Å². The lowest BCUT2D eigenvalue weighted by molar-refractivity contribution is 0.0492. The van der Waals surface area contributed by atoms with Gasteiger partial charge in [-0.1, -0.05) is 30.3 Å². The Labute approximate surface area is 124 Å². The van der Waals surface area contributed by atoms with Crippen LogP contribution in [0.5, 0.6) is 0 Å². The molecule has 2 rings (SSSR count). The lowest BCUT2D eigenvalue weighted by Crippen LogP contribution is -2.40. The predicted octanol–water partition coefficient (Wildman–Crippen LogP) is 3.12. The fourth-order valence-corrected chi connectivity index (χ4v) is 2.28. The number of alkyl carbamates (subject to hydrolysis) is 1. The summed E-state index contributed by atoms with van der Waals surface area (Å²) in [5.41, 5.74) is -0.254. The molecule has 1 aliphatic carbocycles. The predicted molar refractivity (Wildman–Crippen MR) is 78.6 cm³/mol. The van der Waals surface area contributed by atoms with Gasteiger partial charge in [0.15, 0.2) is 0 Å². The van der Waals surface area contributed by atoms with Gasteiger partial charge in [-0.15, -0.1) is 0 Å². The fraction of sp³-hybridized carbons (Fsp3) is 0.500. The minimum atomic E-state index is -0.583. The molecule has 0 spiro atoms. The summed E-state index contributed by atoms with van der Waals surface area (Å²) >= 11 is 0. The summed E-state index contributed by atoms with van der Waals surface area (Å²) in [5, 5.41) is 2.84. The van der Waals surface area contributed by atoms with Gasteiger partial charge in [0.05, 0.1) is 11.6 Å². The SMILES string of the molecule is CC(C)(C)OC(=O)NC(c1ccccc1)C1(N=C=O)CC1. The van der Waals surface area contributed by atoms with E-state index in [4.69, 9.17) is 4.74 Å². The van der Waals surface area contributed by atoms with E-state index < -0.39 is 17.2 Å². The highest BCUT2D eigenvalue weighted by Crippen LogP contribution is 2.49. The van der Waals surface area contributed by atoms with Crippen molar-refractivity contribution in [3.05, 3.63) is 35.9 Å².